The molecule has 2 heterocycles. The lowest BCUT2D eigenvalue weighted by atomic mass is 10.0. The van der Waals surface area contributed by atoms with Gasteiger partial charge in [0.1, 0.15) is 0 Å². The molecule has 0 aromatic heterocycles. The molecule has 2 fully saturated rings. The fourth-order valence-electron chi connectivity index (χ4n) is 4.20. The summed E-state index contributed by atoms with van der Waals surface area (Å²) in [7, 11) is -3.44. The lowest BCUT2D eigenvalue weighted by Crippen LogP contribution is -2.44. The van der Waals surface area contributed by atoms with Gasteiger partial charge in [0.2, 0.25) is 10.0 Å². The molecule has 1 N–H and O–H groups in total. The van der Waals surface area contributed by atoms with E-state index in [1.54, 1.807) is 24.3 Å². The second-order valence-corrected chi connectivity index (χ2v) is 10.1. The van der Waals surface area contributed by atoms with Crippen molar-refractivity contribution in [3.8, 4) is 0 Å². The second kappa shape index (κ2) is 10.6. The molecule has 2 aromatic rings. The molecule has 0 unspecified atom stereocenters. The van der Waals surface area contributed by atoms with E-state index < -0.39 is 10.0 Å². The summed E-state index contributed by atoms with van der Waals surface area (Å²) >= 11 is 0. The Kier molecular flexibility index (Phi) is 8.11. The van der Waals surface area contributed by atoms with Crippen LogP contribution in [0.2, 0.25) is 0 Å². The number of nitrogens with one attached hydrogen (secondary N) is 1. The summed E-state index contributed by atoms with van der Waals surface area (Å²) in [5.41, 5.74) is 1.81. The highest BCUT2D eigenvalue weighted by molar-refractivity contribution is 7.89. The minimum absolute atomic E-state index is 0. The van der Waals surface area contributed by atoms with E-state index in [1.165, 1.54) is 9.87 Å². The smallest absolute Gasteiger partial charge is 0.251 e. The summed E-state index contributed by atoms with van der Waals surface area (Å²) in [6, 6.07) is 16.9. The predicted octanol–water partition coefficient (Wildman–Crippen LogP) is 3.29. The molecule has 4 rings (SSSR count). The van der Waals surface area contributed by atoms with E-state index in [9.17, 15) is 13.2 Å². The molecule has 0 radical (unpaired) electrons. The van der Waals surface area contributed by atoms with Gasteiger partial charge in [0.15, 0.2) is 0 Å². The summed E-state index contributed by atoms with van der Waals surface area (Å²) in [5.74, 6) is -0.137. The number of hydrogen-bond donors (Lipinski definition) is 1. The molecule has 2 aliphatic heterocycles. The Bertz CT molecular complexity index is 953. The van der Waals surface area contributed by atoms with Crippen LogP contribution >= 0.6 is 12.4 Å². The highest BCUT2D eigenvalue weighted by atomic mass is 35.5. The number of likely N-dealkylation sites (tertiary alicyclic amines) is 1. The first-order valence-electron chi connectivity index (χ1n) is 10.7. The lowest BCUT2D eigenvalue weighted by Gasteiger charge is -2.32. The zero-order chi connectivity index (χ0) is 21.0. The summed E-state index contributed by atoms with van der Waals surface area (Å²) in [6.07, 6.45) is 3.65. The maximum atomic E-state index is 12.6. The second-order valence-electron chi connectivity index (χ2n) is 8.15. The van der Waals surface area contributed by atoms with Crippen molar-refractivity contribution in [3.63, 3.8) is 0 Å². The van der Waals surface area contributed by atoms with Gasteiger partial charge in [-0.3, -0.25) is 9.69 Å². The molecule has 0 bridgehead atoms. The van der Waals surface area contributed by atoms with E-state index in [-0.39, 0.29) is 29.3 Å². The predicted molar refractivity (Wildman–Crippen MR) is 124 cm³/mol. The number of piperidine rings is 1. The van der Waals surface area contributed by atoms with Crippen LogP contribution in [0.15, 0.2) is 59.5 Å². The van der Waals surface area contributed by atoms with Crippen LogP contribution in [-0.4, -0.2) is 55.8 Å². The van der Waals surface area contributed by atoms with Crippen molar-refractivity contribution < 1.29 is 13.2 Å². The van der Waals surface area contributed by atoms with Crippen molar-refractivity contribution >= 4 is 28.3 Å². The van der Waals surface area contributed by atoms with Gasteiger partial charge in [-0.1, -0.05) is 30.3 Å². The summed E-state index contributed by atoms with van der Waals surface area (Å²) in [5, 5.41) is 3.11. The summed E-state index contributed by atoms with van der Waals surface area (Å²) < 4.78 is 26.7. The van der Waals surface area contributed by atoms with Gasteiger partial charge in [-0.25, -0.2) is 8.42 Å². The first-order valence-corrected chi connectivity index (χ1v) is 12.1. The molecule has 8 heteroatoms. The van der Waals surface area contributed by atoms with Gasteiger partial charge in [0.25, 0.3) is 5.91 Å². The van der Waals surface area contributed by atoms with Crippen molar-refractivity contribution in [2.45, 2.75) is 43.2 Å². The van der Waals surface area contributed by atoms with Gasteiger partial charge in [0.05, 0.1) is 4.90 Å². The standard InChI is InChI=1S/C23H29N3O3S.ClH/c27-23(20-8-10-22(11-9-20)30(28,29)26-14-4-5-15-26)24-21-12-16-25(17-13-21)18-19-6-2-1-3-7-19;/h1-3,6-11,21H,4-5,12-18H2,(H,24,27);1H. The third-order valence-electron chi connectivity index (χ3n) is 5.99. The van der Waals surface area contributed by atoms with Crippen molar-refractivity contribution in [3.05, 3.63) is 65.7 Å². The van der Waals surface area contributed by atoms with Crippen LogP contribution in [0, 0.1) is 0 Å². The van der Waals surface area contributed by atoms with Crippen molar-refractivity contribution in [1.82, 2.24) is 14.5 Å². The Morgan fingerprint density at radius 1 is 0.903 bits per heavy atom. The molecule has 1 amide bonds. The highest BCUT2D eigenvalue weighted by Gasteiger charge is 2.27. The largest absolute Gasteiger partial charge is 0.349 e. The zero-order valence-electron chi connectivity index (χ0n) is 17.6. The van der Waals surface area contributed by atoms with Crippen LogP contribution in [0.4, 0.5) is 0 Å². The number of sulfonamides is 1. The van der Waals surface area contributed by atoms with Crippen molar-refractivity contribution in [1.29, 1.82) is 0 Å². The third kappa shape index (κ3) is 5.86. The van der Waals surface area contributed by atoms with E-state index >= 15 is 0 Å². The lowest BCUT2D eigenvalue weighted by molar-refractivity contribution is 0.0909. The highest BCUT2D eigenvalue weighted by Crippen LogP contribution is 2.21. The molecule has 0 atom stereocenters. The molecule has 168 valence electrons. The minimum atomic E-state index is -3.44. The number of nitrogens with zero attached hydrogens (tertiary/aromatic N) is 2. The molecule has 31 heavy (non-hydrogen) atoms. The van der Waals surface area contributed by atoms with E-state index in [1.807, 2.05) is 6.07 Å². The molecular formula is C23H30ClN3O3S. The van der Waals surface area contributed by atoms with Crippen molar-refractivity contribution in [2.24, 2.45) is 0 Å². The molecule has 0 aliphatic carbocycles. The average molecular weight is 464 g/mol. The van der Waals surface area contributed by atoms with Crippen LogP contribution in [0.1, 0.15) is 41.6 Å². The summed E-state index contributed by atoms with van der Waals surface area (Å²) in [6.45, 7) is 4.00. The van der Waals surface area contributed by atoms with E-state index in [4.69, 9.17) is 0 Å². The van der Waals surface area contributed by atoms with Gasteiger partial charge >= 0.3 is 0 Å². The molecule has 2 saturated heterocycles. The molecule has 2 aliphatic rings. The fraction of sp³-hybridized carbons (Fsp3) is 0.435. The number of amides is 1. The Morgan fingerprint density at radius 3 is 2.13 bits per heavy atom. The number of carbonyl (C=O) groups is 1. The van der Waals surface area contributed by atoms with Crippen molar-refractivity contribution in [2.75, 3.05) is 26.2 Å². The maximum absolute atomic E-state index is 12.6. The third-order valence-corrected chi connectivity index (χ3v) is 7.90. The average Bonchev–Trinajstić information content (AvgIpc) is 3.32. The fourth-order valence-corrected chi connectivity index (χ4v) is 5.72. The monoisotopic (exact) mass is 463 g/mol. The minimum Gasteiger partial charge on any atom is -0.349 e. The van der Waals surface area contributed by atoms with Gasteiger partial charge in [-0.15, -0.1) is 12.4 Å². The summed E-state index contributed by atoms with van der Waals surface area (Å²) in [4.78, 5) is 15.3. The molecule has 6 nitrogen and oxygen atoms in total. The van der Waals surface area contributed by atoms with Gasteiger partial charge < -0.3 is 5.32 Å². The van der Waals surface area contributed by atoms with E-state index in [2.05, 4.69) is 34.5 Å². The Morgan fingerprint density at radius 2 is 1.52 bits per heavy atom. The zero-order valence-corrected chi connectivity index (χ0v) is 19.2. The molecule has 2 aromatic carbocycles. The van der Waals surface area contributed by atoms with Gasteiger partial charge in [-0.05, 0) is 55.5 Å². The normalized spacial score (nSPS) is 18.5. The first kappa shape index (κ1) is 23.7. The first-order chi connectivity index (χ1) is 14.5. The molecule has 0 spiro atoms. The number of carbonyl (C=O) groups excluding carboxylic acids is 1. The quantitative estimate of drug-likeness (QED) is 0.713. The number of hydrogen-bond acceptors (Lipinski definition) is 4. The van der Waals surface area contributed by atoms with E-state index in [0.29, 0.717) is 18.7 Å². The number of rotatable bonds is 6. The van der Waals surface area contributed by atoms with Gasteiger partial charge in [0, 0.05) is 44.3 Å². The van der Waals surface area contributed by atoms with Crippen LogP contribution in [0.3, 0.4) is 0 Å². The molecule has 0 saturated carbocycles. The van der Waals surface area contributed by atoms with Crippen LogP contribution < -0.4 is 5.32 Å². The van der Waals surface area contributed by atoms with E-state index in [0.717, 1.165) is 45.3 Å². The van der Waals surface area contributed by atoms with Gasteiger partial charge in [-0.2, -0.15) is 4.31 Å². The topological polar surface area (TPSA) is 69.7 Å². The van der Waals surface area contributed by atoms with Crippen LogP contribution in [-0.2, 0) is 16.6 Å². The number of benzene rings is 2. The van der Waals surface area contributed by atoms with Crippen LogP contribution in [0.5, 0.6) is 0 Å². The van der Waals surface area contributed by atoms with Crippen LogP contribution in [0.25, 0.3) is 0 Å². The molecular weight excluding hydrogens is 434 g/mol. The number of halogens is 1. The Labute approximate surface area is 191 Å². The Hall–Kier alpha value is -1.93. The SMILES string of the molecule is Cl.O=C(NC1CCN(Cc2ccccc2)CC1)c1ccc(S(=O)(=O)N2CCCC2)cc1. The maximum Gasteiger partial charge on any atom is 0.251 e. The Balaban J connectivity index is 0.00000272.